The minimum Gasteiger partial charge on any atom is -0.444 e. The molecular formula is C22H29N7O3. The van der Waals surface area contributed by atoms with Crippen molar-refractivity contribution in [1.29, 1.82) is 0 Å². The van der Waals surface area contributed by atoms with Crippen molar-refractivity contribution in [1.82, 2.24) is 35.4 Å². The Hall–Kier alpha value is -3.27. The number of pyridine rings is 1. The van der Waals surface area contributed by atoms with Crippen molar-refractivity contribution in [3.8, 4) is 0 Å². The lowest BCUT2D eigenvalue weighted by molar-refractivity contribution is -0.0820. The summed E-state index contributed by atoms with van der Waals surface area (Å²) in [6, 6.07) is 7.00. The summed E-state index contributed by atoms with van der Waals surface area (Å²) in [7, 11) is 0. The monoisotopic (exact) mass is 439 g/mol. The number of nitrogens with one attached hydrogen (secondary N) is 2. The lowest BCUT2D eigenvalue weighted by Gasteiger charge is -2.56. The number of rotatable bonds is 3. The van der Waals surface area contributed by atoms with E-state index >= 15 is 0 Å². The largest absolute Gasteiger partial charge is 0.444 e. The molecule has 170 valence electrons. The van der Waals surface area contributed by atoms with Gasteiger partial charge in [-0.1, -0.05) is 6.07 Å². The predicted octanol–water partition coefficient (Wildman–Crippen LogP) is 1.67. The number of amides is 3. The second-order valence-electron chi connectivity index (χ2n) is 8.90. The summed E-state index contributed by atoms with van der Waals surface area (Å²) in [5.41, 5.74) is -1.28. The molecule has 2 unspecified atom stereocenters. The predicted molar refractivity (Wildman–Crippen MR) is 117 cm³/mol. The van der Waals surface area contributed by atoms with E-state index in [4.69, 9.17) is 4.74 Å². The highest BCUT2D eigenvalue weighted by atomic mass is 16.6. The number of nitrogens with zero attached hydrogens (tertiary/aromatic N) is 5. The van der Waals surface area contributed by atoms with Crippen molar-refractivity contribution in [2.45, 2.75) is 38.0 Å². The normalized spacial score (nSPS) is 23.3. The molecule has 0 saturated carbocycles. The molecule has 0 spiro atoms. The van der Waals surface area contributed by atoms with E-state index in [1.807, 2.05) is 18.2 Å². The lowest BCUT2D eigenvalue weighted by Crippen LogP contribution is -2.75. The number of urea groups is 1. The number of carbonyl (C=O) groups excluding carboxylic acids is 2. The maximum atomic E-state index is 13.3. The highest BCUT2D eigenvalue weighted by Gasteiger charge is 2.62. The van der Waals surface area contributed by atoms with Crippen molar-refractivity contribution in [3.05, 3.63) is 54.4 Å². The van der Waals surface area contributed by atoms with E-state index in [2.05, 4.69) is 25.6 Å². The highest BCUT2D eigenvalue weighted by molar-refractivity contribution is 5.78. The standard InChI is InChI=1S/C22H29N7O3/c1-21(2,3)32-20(31)29-15-16(17-7-4-5-8-24-17)22(29,18-25-9-6-10-26-18)27-19(30)28-13-11-23-12-14-28/h4-10,16,23H,11-15H2,1-3H3,(H,27,30). The molecule has 0 aromatic carbocycles. The molecule has 32 heavy (non-hydrogen) atoms. The fourth-order valence-corrected chi connectivity index (χ4v) is 4.05. The first-order valence-electron chi connectivity index (χ1n) is 10.8. The number of likely N-dealkylation sites (tertiary alicyclic amines) is 1. The first kappa shape index (κ1) is 21.9. The number of hydrogen-bond donors (Lipinski definition) is 2. The molecule has 2 aliphatic rings. The number of carbonyl (C=O) groups is 2. The molecular weight excluding hydrogens is 410 g/mol. The molecule has 2 aromatic heterocycles. The van der Waals surface area contributed by atoms with Crippen LogP contribution in [0.3, 0.4) is 0 Å². The number of hydrogen-bond acceptors (Lipinski definition) is 7. The third-order valence-electron chi connectivity index (χ3n) is 5.56. The Balaban J connectivity index is 1.76. The maximum Gasteiger partial charge on any atom is 0.412 e. The second-order valence-corrected chi connectivity index (χ2v) is 8.90. The SMILES string of the molecule is CC(C)(C)OC(=O)N1CC(c2ccccn2)C1(NC(=O)N1CCNCC1)c1ncccn1. The van der Waals surface area contributed by atoms with E-state index < -0.39 is 17.4 Å². The van der Waals surface area contributed by atoms with Crippen LogP contribution in [-0.2, 0) is 10.4 Å². The average molecular weight is 440 g/mol. The van der Waals surface area contributed by atoms with Crippen molar-refractivity contribution in [2.75, 3.05) is 32.7 Å². The molecule has 2 fully saturated rings. The Morgan fingerprint density at radius 1 is 1.09 bits per heavy atom. The molecule has 2 N–H and O–H groups in total. The Labute approximate surface area is 187 Å². The van der Waals surface area contributed by atoms with Crippen LogP contribution in [0.5, 0.6) is 0 Å². The molecule has 2 saturated heterocycles. The average Bonchev–Trinajstić information content (AvgIpc) is 2.77. The number of ether oxygens (including phenoxy) is 1. The van der Waals surface area contributed by atoms with E-state index in [1.165, 1.54) is 4.90 Å². The molecule has 2 atom stereocenters. The van der Waals surface area contributed by atoms with Crippen LogP contribution >= 0.6 is 0 Å². The van der Waals surface area contributed by atoms with Crippen LogP contribution in [0.15, 0.2) is 42.9 Å². The minimum absolute atomic E-state index is 0.284. The molecule has 4 heterocycles. The molecule has 0 bridgehead atoms. The van der Waals surface area contributed by atoms with Gasteiger partial charge in [-0.15, -0.1) is 0 Å². The van der Waals surface area contributed by atoms with Crippen LogP contribution in [0.1, 0.15) is 38.2 Å². The number of aromatic nitrogens is 3. The summed E-state index contributed by atoms with van der Waals surface area (Å²) < 4.78 is 5.67. The van der Waals surface area contributed by atoms with Crippen molar-refractivity contribution >= 4 is 12.1 Å². The van der Waals surface area contributed by atoms with Gasteiger partial charge >= 0.3 is 12.1 Å². The smallest absolute Gasteiger partial charge is 0.412 e. The van der Waals surface area contributed by atoms with Gasteiger partial charge in [0, 0.05) is 57.0 Å². The van der Waals surface area contributed by atoms with Crippen LogP contribution in [-0.4, -0.2) is 75.2 Å². The third kappa shape index (κ3) is 4.22. The molecule has 2 aromatic rings. The second kappa shape index (κ2) is 8.70. The quantitative estimate of drug-likeness (QED) is 0.748. The summed E-state index contributed by atoms with van der Waals surface area (Å²) in [5.74, 6) is -0.0262. The summed E-state index contributed by atoms with van der Waals surface area (Å²) in [4.78, 5) is 43.2. The Kier molecular flexibility index (Phi) is 5.96. The fourth-order valence-electron chi connectivity index (χ4n) is 4.05. The molecule has 0 aliphatic carbocycles. The van der Waals surface area contributed by atoms with Crippen molar-refractivity contribution in [3.63, 3.8) is 0 Å². The molecule has 10 nitrogen and oxygen atoms in total. The summed E-state index contributed by atoms with van der Waals surface area (Å²) in [6.07, 6.45) is 4.35. The summed E-state index contributed by atoms with van der Waals surface area (Å²) in [6.45, 7) is 8.29. The fraction of sp³-hybridized carbons (Fsp3) is 0.500. The van der Waals surface area contributed by atoms with E-state index in [9.17, 15) is 9.59 Å². The van der Waals surface area contributed by atoms with Gasteiger partial charge in [-0.05, 0) is 39.0 Å². The minimum atomic E-state index is -1.32. The van der Waals surface area contributed by atoms with Crippen LogP contribution < -0.4 is 10.6 Å². The Morgan fingerprint density at radius 3 is 2.41 bits per heavy atom. The van der Waals surface area contributed by atoms with Crippen LogP contribution in [0.4, 0.5) is 9.59 Å². The number of piperazine rings is 1. The molecule has 4 rings (SSSR count). The first-order chi connectivity index (χ1) is 15.3. The Morgan fingerprint density at radius 2 is 1.78 bits per heavy atom. The highest BCUT2D eigenvalue weighted by Crippen LogP contribution is 2.48. The van der Waals surface area contributed by atoms with Crippen LogP contribution in [0, 0.1) is 0 Å². The molecule has 2 aliphatic heterocycles. The van der Waals surface area contributed by atoms with Crippen molar-refractivity contribution in [2.24, 2.45) is 0 Å². The van der Waals surface area contributed by atoms with Gasteiger partial charge in [-0.3, -0.25) is 9.88 Å². The summed E-state index contributed by atoms with van der Waals surface area (Å²) in [5, 5.41) is 6.34. The molecule has 0 radical (unpaired) electrons. The van der Waals surface area contributed by atoms with Gasteiger partial charge in [0.1, 0.15) is 5.60 Å². The maximum absolute atomic E-state index is 13.3. The van der Waals surface area contributed by atoms with Crippen LogP contribution in [0.25, 0.3) is 0 Å². The van der Waals surface area contributed by atoms with E-state index in [0.717, 1.165) is 5.69 Å². The van der Waals surface area contributed by atoms with Gasteiger partial charge in [0.25, 0.3) is 0 Å². The topological polar surface area (TPSA) is 113 Å². The van der Waals surface area contributed by atoms with Gasteiger partial charge in [0.2, 0.25) is 0 Å². The summed E-state index contributed by atoms with van der Waals surface area (Å²) >= 11 is 0. The van der Waals surface area contributed by atoms with Gasteiger partial charge in [-0.2, -0.15) is 0 Å². The van der Waals surface area contributed by atoms with E-state index in [-0.39, 0.29) is 11.9 Å². The molecule has 3 amide bonds. The zero-order valence-electron chi connectivity index (χ0n) is 18.6. The van der Waals surface area contributed by atoms with Crippen molar-refractivity contribution < 1.29 is 14.3 Å². The van der Waals surface area contributed by atoms with Gasteiger partial charge < -0.3 is 20.3 Å². The lowest BCUT2D eigenvalue weighted by atomic mass is 9.78. The van der Waals surface area contributed by atoms with Gasteiger partial charge in [-0.25, -0.2) is 19.6 Å². The van der Waals surface area contributed by atoms with Gasteiger partial charge in [0.05, 0.1) is 5.92 Å². The van der Waals surface area contributed by atoms with Gasteiger partial charge in [0.15, 0.2) is 11.5 Å². The Bertz CT molecular complexity index is 945. The van der Waals surface area contributed by atoms with Crippen LogP contribution in [0.2, 0.25) is 0 Å². The van der Waals surface area contributed by atoms with E-state index in [1.54, 1.807) is 50.3 Å². The first-order valence-corrected chi connectivity index (χ1v) is 10.8. The van der Waals surface area contributed by atoms with E-state index in [0.29, 0.717) is 38.5 Å². The zero-order valence-corrected chi connectivity index (χ0v) is 18.6. The third-order valence-corrected chi connectivity index (χ3v) is 5.56. The molecule has 10 heteroatoms. The zero-order chi connectivity index (χ0) is 22.8.